The number of Topliss-reactive ketones (excluding diaryl/α,β-unsaturated/α-hetero) is 1. The van der Waals surface area contributed by atoms with E-state index in [1.54, 1.807) is 6.92 Å². The fourth-order valence-electron chi connectivity index (χ4n) is 1.02. The van der Waals surface area contributed by atoms with Crippen LogP contribution in [0.4, 0.5) is 0 Å². The molecule has 7 heteroatoms. The van der Waals surface area contributed by atoms with Crippen molar-refractivity contribution in [3.8, 4) is 0 Å². The fourth-order valence-corrected chi connectivity index (χ4v) is 3.05. The van der Waals surface area contributed by atoms with Crippen LogP contribution in [0.2, 0.25) is 18.1 Å². The number of carbonyl (C=O) groups is 1. The van der Waals surface area contributed by atoms with Gasteiger partial charge in [-0.3, -0.25) is 9.36 Å². The van der Waals surface area contributed by atoms with Crippen molar-refractivity contribution in [1.82, 2.24) is 0 Å². The Kier molecular flexibility index (Phi) is 5.32. The van der Waals surface area contributed by atoms with Gasteiger partial charge in [0.25, 0.3) is 0 Å². The summed E-state index contributed by atoms with van der Waals surface area (Å²) in [6, 6.07) is 0. The highest BCUT2D eigenvalue weighted by molar-refractivity contribution is 7.52. The van der Waals surface area contributed by atoms with Crippen molar-refractivity contribution < 1.29 is 23.6 Å². The van der Waals surface area contributed by atoms with Crippen LogP contribution in [0.3, 0.4) is 0 Å². The van der Waals surface area contributed by atoms with E-state index in [0.717, 1.165) is 0 Å². The summed E-state index contributed by atoms with van der Waals surface area (Å²) >= 11 is 0. The molecular formula is C10H23O5PSi. The predicted octanol–water partition coefficient (Wildman–Crippen LogP) is 2.14. The van der Waals surface area contributed by atoms with Crippen molar-refractivity contribution in [1.29, 1.82) is 0 Å². The van der Waals surface area contributed by atoms with E-state index in [0.29, 0.717) is 0 Å². The first-order valence-electron chi connectivity index (χ1n) is 5.51. The molecule has 0 fully saturated rings. The minimum Gasteiger partial charge on any atom is -0.407 e. The first-order valence-corrected chi connectivity index (χ1v) is 10.2. The zero-order chi connectivity index (χ0) is 14.1. The van der Waals surface area contributed by atoms with Gasteiger partial charge < -0.3 is 14.2 Å². The molecule has 0 aliphatic heterocycles. The van der Waals surface area contributed by atoms with Gasteiger partial charge in [0.05, 0.1) is 0 Å². The summed E-state index contributed by atoms with van der Waals surface area (Å²) in [5, 5.41) is -0.0380. The molecule has 0 aromatic carbocycles. The molecule has 0 aliphatic rings. The smallest absolute Gasteiger partial charge is 0.333 e. The number of ketones is 1. The molecule has 0 saturated carbocycles. The highest BCUT2D eigenvalue weighted by Crippen LogP contribution is 2.38. The van der Waals surface area contributed by atoms with Crippen molar-refractivity contribution >= 4 is 21.7 Å². The molecule has 17 heavy (non-hydrogen) atoms. The van der Waals surface area contributed by atoms with Crippen LogP contribution >= 0.6 is 7.60 Å². The summed E-state index contributed by atoms with van der Waals surface area (Å²) in [4.78, 5) is 29.1. The molecule has 0 amide bonds. The van der Waals surface area contributed by atoms with Crippen LogP contribution in [0.1, 0.15) is 27.7 Å². The van der Waals surface area contributed by atoms with Crippen LogP contribution in [0.25, 0.3) is 0 Å². The highest BCUT2D eigenvalue weighted by Gasteiger charge is 2.40. The Morgan fingerprint density at radius 1 is 1.35 bits per heavy atom. The Balaban J connectivity index is 4.61. The van der Waals surface area contributed by atoms with Crippen molar-refractivity contribution in [2.45, 2.75) is 51.9 Å². The van der Waals surface area contributed by atoms with E-state index in [9.17, 15) is 9.36 Å². The van der Waals surface area contributed by atoms with Crippen LogP contribution in [0, 0.1) is 0 Å². The van der Waals surface area contributed by atoms with Gasteiger partial charge in [-0.2, -0.15) is 0 Å². The molecule has 5 nitrogen and oxygen atoms in total. The molecular weight excluding hydrogens is 259 g/mol. The zero-order valence-corrected chi connectivity index (χ0v) is 13.2. The van der Waals surface area contributed by atoms with E-state index in [2.05, 4.69) is 0 Å². The van der Waals surface area contributed by atoms with Crippen LogP contribution in [0.15, 0.2) is 0 Å². The second-order valence-electron chi connectivity index (χ2n) is 5.81. The Labute approximate surface area is 104 Å². The van der Waals surface area contributed by atoms with E-state index in [-0.39, 0.29) is 5.04 Å². The first-order chi connectivity index (χ1) is 7.26. The Bertz CT molecular complexity index is 328. The summed E-state index contributed by atoms with van der Waals surface area (Å²) in [5.74, 6) is -0.539. The fraction of sp³-hybridized carbons (Fsp3) is 0.900. The lowest BCUT2D eigenvalue weighted by atomic mass is 10.2. The molecule has 0 aliphatic carbocycles. The maximum absolute atomic E-state index is 11.6. The molecule has 1 atom stereocenters. The zero-order valence-electron chi connectivity index (χ0n) is 11.4. The Morgan fingerprint density at radius 2 is 1.76 bits per heavy atom. The van der Waals surface area contributed by atoms with Gasteiger partial charge in [-0.25, -0.2) is 0 Å². The molecule has 0 aromatic heterocycles. The van der Waals surface area contributed by atoms with Gasteiger partial charge in [0.15, 0.2) is 14.1 Å². The largest absolute Gasteiger partial charge is 0.407 e. The number of rotatable bonds is 5. The monoisotopic (exact) mass is 282 g/mol. The van der Waals surface area contributed by atoms with Crippen molar-refractivity contribution in [3.05, 3.63) is 0 Å². The SMILES string of the molecule is C[C@H](O[Si](C)(C)C(C)(C)C)C(=O)CP(=O)(O)O. The molecule has 0 radical (unpaired) electrons. The number of hydrogen-bond donors (Lipinski definition) is 2. The quantitative estimate of drug-likeness (QED) is 0.596. The standard InChI is InChI=1S/C10H23O5PSi/c1-8(9(11)7-16(12,13)14)15-17(5,6)10(2,3)4/h8H,7H2,1-6H3,(H2,12,13,14)/t8-/m0/s1. The van der Waals surface area contributed by atoms with Gasteiger partial charge in [-0.15, -0.1) is 0 Å². The molecule has 0 aromatic rings. The molecule has 0 bridgehead atoms. The van der Waals surface area contributed by atoms with Gasteiger partial charge in [0, 0.05) is 0 Å². The van der Waals surface area contributed by atoms with E-state index in [4.69, 9.17) is 14.2 Å². The van der Waals surface area contributed by atoms with Gasteiger partial charge in [0.2, 0.25) is 0 Å². The first kappa shape index (κ1) is 17.0. The Hall–Kier alpha value is -0.00312. The second-order valence-corrected chi connectivity index (χ2v) is 12.2. The maximum atomic E-state index is 11.6. The minimum absolute atomic E-state index is 0.0380. The van der Waals surface area contributed by atoms with Gasteiger partial charge in [-0.05, 0) is 25.1 Å². The van der Waals surface area contributed by atoms with Crippen molar-refractivity contribution in [3.63, 3.8) is 0 Å². The molecule has 0 saturated heterocycles. The van der Waals surface area contributed by atoms with Gasteiger partial charge >= 0.3 is 7.60 Å². The molecule has 0 unspecified atom stereocenters. The lowest BCUT2D eigenvalue weighted by molar-refractivity contribution is -0.123. The van der Waals surface area contributed by atoms with E-state index >= 15 is 0 Å². The van der Waals surface area contributed by atoms with Crippen LogP contribution < -0.4 is 0 Å². The van der Waals surface area contributed by atoms with Crippen LogP contribution in [-0.4, -0.2) is 36.2 Å². The summed E-state index contributed by atoms with van der Waals surface area (Å²) < 4.78 is 16.5. The molecule has 0 heterocycles. The summed E-state index contributed by atoms with van der Waals surface area (Å²) in [7, 11) is -6.38. The molecule has 0 spiro atoms. The van der Waals surface area contributed by atoms with Crippen molar-refractivity contribution in [2.75, 3.05) is 6.16 Å². The summed E-state index contributed by atoms with van der Waals surface area (Å²) in [6.07, 6.45) is -1.51. The van der Waals surface area contributed by atoms with Gasteiger partial charge in [0.1, 0.15) is 12.3 Å². The molecule has 102 valence electrons. The maximum Gasteiger partial charge on any atom is 0.333 e. The minimum atomic E-state index is -4.30. The molecule has 0 rings (SSSR count). The lowest BCUT2D eigenvalue weighted by Gasteiger charge is -2.38. The summed E-state index contributed by atoms with van der Waals surface area (Å²) in [5.41, 5.74) is 0. The summed E-state index contributed by atoms with van der Waals surface area (Å²) in [6.45, 7) is 11.7. The average molecular weight is 282 g/mol. The van der Waals surface area contributed by atoms with E-state index in [1.165, 1.54) is 0 Å². The Morgan fingerprint density at radius 3 is 2.06 bits per heavy atom. The third-order valence-corrected chi connectivity index (χ3v) is 8.37. The number of carbonyl (C=O) groups excluding carboxylic acids is 1. The molecule has 2 N–H and O–H groups in total. The lowest BCUT2D eigenvalue weighted by Crippen LogP contribution is -2.45. The number of hydrogen-bond acceptors (Lipinski definition) is 3. The van der Waals surface area contributed by atoms with Crippen molar-refractivity contribution in [2.24, 2.45) is 0 Å². The topological polar surface area (TPSA) is 83.8 Å². The average Bonchev–Trinajstić information content (AvgIpc) is 1.97. The van der Waals surface area contributed by atoms with E-state index in [1.807, 2.05) is 33.9 Å². The highest BCUT2D eigenvalue weighted by atomic mass is 31.2. The normalized spacial score (nSPS) is 15.8. The third-order valence-electron chi connectivity index (χ3n) is 3.09. The van der Waals surface area contributed by atoms with Crippen LogP contribution in [0.5, 0.6) is 0 Å². The van der Waals surface area contributed by atoms with Crippen LogP contribution in [-0.2, 0) is 13.8 Å². The van der Waals surface area contributed by atoms with Gasteiger partial charge in [-0.1, -0.05) is 20.8 Å². The second kappa shape index (κ2) is 5.32. The van der Waals surface area contributed by atoms with E-state index < -0.39 is 34.0 Å². The third kappa shape index (κ3) is 5.93. The predicted molar refractivity (Wildman–Crippen MR) is 69.7 cm³/mol.